The van der Waals surface area contributed by atoms with Gasteiger partial charge in [-0.25, -0.2) is 12.8 Å². The minimum Gasteiger partial charge on any atom is -0.399 e. The molecule has 112 valence electrons. The summed E-state index contributed by atoms with van der Waals surface area (Å²) < 4.78 is 40.9. The van der Waals surface area contributed by atoms with Gasteiger partial charge in [-0.3, -0.25) is 4.72 Å². The maximum absolute atomic E-state index is 14.0. The Kier molecular flexibility index (Phi) is 4.18. The molecule has 0 saturated carbocycles. The zero-order valence-corrected chi connectivity index (χ0v) is 12.7. The second-order valence-corrected chi connectivity index (χ2v) is 6.46. The van der Waals surface area contributed by atoms with Crippen molar-refractivity contribution in [3.8, 4) is 0 Å². The molecule has 0 spiro atoms. The van der Waals surface area contributed by atoms with Crippen LogP contribution in [0.3, 0.4) is 0 Å². The summed E-state index contributed by atoms with van der Waals surface area (Å²) in [6.45, 7) is 3.48. The zero-order chi connectivity index (χ0) is 15.6. The molecule has 0 aliphatic heterocycles. The van der Waals surface area contributed by atoms with Gasteiger partial charge in [0.25, 0.3) is 10.0 Å². The molecule has 0 radical (unpaired) electrons. The van der Waals surface area contributed by atoms with E-state index < -0.39 is 20.7 Å². The molecule has 0 fully saturated rings. The lowest BCUT2D eigenvalue weighted by Crippen LogP contribution is -2.15. The zero-order valence-electron chi connectivity index (χ0n) is 11.9. The van der Waals surface area contributed by atoms with Gasteiger partial charge >= 0.3 is 0 Å². The van der Waals surface area contributed by atoms with E-state index >= 15 is 0 Å². The van der Waals surface area contributed by atoms with E-state index in [2.05, 4.69) is 4.72 Å². The lowest BCUT2D eigenvalue weighted by Gasteiger charge is -2.11. The highest BCUT2D eigenvalue weighted by Gasteiger charge is 2.21. The molecular weight excluding hydrogens is 291 g/mol. The van der Waals surface area contributed by atoms with Crippen LogP contribution in [0, 0.1) is 12.7 Å². The van der Waals surface area contributed by atoms with Crippen LogP contribution in [-0.4, -0.2) is 8.42 Å². The molecule has 2 aromatic rings. The number of anilines is 2. The molecule has 0 aliphatic rings. The average molecular weight is 308 g/mol. The predicted molar refractivity (Wildman–Crippen MR) is 82.2 cm³/mol. The van der Waals surface area contributed by atoms with Crippen LogP contribution in [0.5, 0.6) is 0 Å². The summed E-state index contributed by atoms with van der Waals surface area (Å²) in [7, 11) is -4.01. The van der Waals surface area contributed by atoms with Crippen molar-refractivity contribution < 1.29 is 12.8 Å². The van der Waals surface area contributed by atoms with Crippen molar-refractivity contribution >= 4 is 21.4 Å². The van der Waals surface area contributed by atoms with E-state index in [-0.39, 0.29) is 11.3 Å². The minimum absolute atomic E-state index is 0.191. The Balaban J connectivity index is 2.38. The van der Waals surface area contributed by atoms with Crippen molar-refractivity contribution in [1.82, 2.24) is 0 Å². The van der Waals surface area contributed by atoms with E-state index in [1.54, 1.807) is 12.1 Å². The van der Waals surface area contributed by atoms with Crippen molar-refractivity contribution in [3.05, 3.63) is 53.3 Å². The Morgan fingerprint density at radius 1 is 1.19 bits per heavy atom. The molecule has 0 saturated heterocycles. The molecular formula is C15H17FN2O2S. The van der Waals surface area contributed by atoms with E-state index in [0.29, 0.717) is 5.69 Å². The monoisotopic (exact) mass is 308 g/mol. The van der Waals surface area contributed by atoms with Crippen LogP contribution in [0.4, 0.5) is 15.8 Å². The third-order valence-corrected chi connectivity index (χ3v) is 4.53. The van der Waals surface area contributed by atoms with Crippen LogP contribution in [-0.2, 0) is 16.4 Å². The van der Waals surface area contributed by atoms with Gasteiger partial charge in [-0.1, -0.05) is 19.1 Å². The van der Waals surface area contributed by atoms with Crippen LogP contribution < -0.4 is 10.5 Å². The highest BCUT2D eigenvalue weighted by Crippen LogP contribution is 2.24. The van der Waals surface area contributed by atoms with Crippen LogP contribution in [0.1, 0.15) is 18.1 Å². The second kappa shape index (κ2) is 5.73. The van der Waals surface area contributed by atoms with Gasteiger partial charge in [0.15, 0.2) is 0 Å². The molecule has 0 heterocycles. The Hall–Kier alpha value is -2.08. The number of nitrogen functional groups attached to an aromatic ring is 1. The number of aryl methyl sites for hydroxylation is 2. The Morgan fingerprint density at radius 2 is 1.81 bits per heavy atom. The van der Waals surface area contributed by atoms with Crippen molar-refractivity contribution in [2.45, 2.75) is 25.2 Å². The number of nitrogens with one attached hydrogen (secondary N) is 1. The molecule has 21 heavy (non-hydrogen) atoms. The van der Waals surface area contributed by atoms with Crippen molar-refractivity contribution in [2.75, 3.05) is 10.5 Å². The first-order chi connectivity index (χ1) is 9.83. The normalized spacial score (nSPS) is 11.4. The fourth-order valence-electron chi connectivity index (χ4n) is 1.98. The van der Waals surface area contributed by atoms with Crippen LogP contribution >= 0.6 is 0 Å². The summed E-state index contributed by atoms with van der Waals surface area (Å²) in [5.74, 6) is -0.790. The Labute approximate surface area is 123 Å². The van der Waals surface area contributed by atoms with Crippen molar-refractivity contribution in [3.63, 3.8) is 0 Å². The summed E-state index contributed by atoms with van der Waals surface area (Å²) in [6.07, 6.45) is 0.857. The van der Waals surface area contributed by atoms with E-state index in [1.165, 1.54) is 13.0 Å². The molecule has 6 heteroatoms. The second-order valence-electron chi connectivity index (χ2n) is 4.81. The summed E-state index contributed by atoms with van der Waals surface area (Å²) in [6, 6.07) is 9.44. The molecule has 3 N–H and O–H groups in total. The summed E-state index contributed by atoms with van der Waals surface area (Å²) >= 11 is 0. The fourth-order valence-corrected chi connectivity index (χ4v) is 3.22. The van der Waals surface area contributed by atoms with Gasteiger partial charge in [0, 0.05) is 11.4 Å². The molecule has 0 aromatic heterocycles. The maximum atomic E-state index is 14.0. The molecule has 0 aliphatic carbocycles. The van der Waals surface area contributed by atoms with Crippen LogP contribution in [0.15, 0.2) is 41.3 Å². The summed E-state index contributed by atoms with van der Waals surface area (Å²) in [5.41, 5.74) is 7.46. The smallest absolute Gasteiger partial charge is 0.264 e. The molecule has 2 aromatic carbocycles. The standard InChI is InChI=1S/C15H17FN2O2S/c1-3-11-4-6-13(7-5-11)18-21(19,20)14-9-12(17)8-10(2)15(14)16/h4-9,18H,3,17H2,1-2H3. The lowest BCUT2D eigenvalue weighted by atomic mass is 10.2. The van der Waals surface area contributed by atoms with Gasteiger partial charge in [0.1, 0.15) is 10.7 Å². The quantitative estimate of drug-likeness (QED) is 0.853. The molecule has 0 bridgehead atoms. The number of hydrogen-bond acceptors (Lipinski definition) is 3. The molecule has 0 unspecified atom stereocenters. The minimum atomic E-state index is -4.01. The first kappa shape index (κ1) is 15.3. The number of halogens is 1. The number of sulfonamides is 1. The third-order valence-electron chi connectivity index (χ3n) is 3.15. The Morgan fingerprint density at radius 3 is 2.38 bits per heavy atom. The fraction of sp³-hybridized carbons (Fsp3) is 0.200. The first-order valence-corrected chi connectivity index (χ1v) is 7.99. The molecule has 0 amide bonds. The molecule has 2 rings (SSSR count). The van der Waals surface area contributed by atoms with Crippen LogP contribution in [0.2, 0.25) is 0 Å². The lowest BCUT2D eigenvalue weighted by molar-refractivity contribution is 0.565. The number of hydrogen-bond donors (Lipinski definition) is 2. The average Bonchev–Trinajstić information content (AvgIpc) is 2.43. The number of rotatable bonds is 4. The topological polar surface area (TPSA) is 72.2 Å². The highest BCUT2D eigenvalue weighted by atomic mass is 32.2. The van der Waals surface area contributed by atoms with Gasteiger partial charge in [0.05, 0.1) is 0 Å². The van der Waals surface area contributed by atoms with Crippen molar-refractivity contribution in [1.29, 1.82) is 0 Å². The molecule has 0 atom stereocenters. The van der Waals surface area contributed by atoms with Crippen molar-refractivity contribution in [2.24, 2.45) is 0 Å². The third kappa shape index (κ3) is 3.33. The van der Waals surface area contributed by atoms with Gasteiger partial charge in [-0.2, -0.15) is 0 Å². The van der Waals surface area contributed by atoms with E-state index in [1.807, 2.05) is 19.1 Å². The van der Waals surface area contributed by atoms with Gasteiger partial charge in [-0.05, 0) is 48.7 Å². The van der Waals surface area contributed by atoms with Crippen LogP contribution in [0.25, 0.3) is 0 Å². The number of nitrogens with two attached hydrogens (primary N) is 1. The first-order valence-electron chi connectivity index (χ1n) is 6.51. The highest BCUT2D eigenvalue weighted by molar-refractivity contribution is 7.92. The van der Waals surface area contributed by atoms with Gasteiger partial charge in [-0.15, -0.1) is 0 Å². The number of benzene rings is 2. The Bertz CT molecular complexity index is 756. The maximum Gasteiger partial charge on any atom is 0.264 e. The largest absolute Gasteiger partial charge is 0.399 e. The van der Waals surface area contributed by atoms with E-state index in [0.717, 1.165) is 18.1 Å². The van der Waals surface area contributed by atoms with Gasteiger partial charge < -0.3 is 5.73 Å². The van der Waals surface area contributed by atoms with Gasteiger partial charge in [0.2, 0.25) is 0 Å². The van der Waals surface area contributed by atoms with E-state index in [4.69, 9.17) is 5.73 Å². The van der Waals surface area contributed by atoms with E-state index in [9.17, 15) is 12.8 Å². The molecule has 4 nitrogen and oxygen atoms in total. The SMILES string of the molecule is CCc1ccc(NS(=O)(=O)c2cc(N)cc(C)c2F)cc1. The predicted octanol–water partition coefficient (Wildman–Crippen LogP) is 3.08. The summed E-state index contributed by atoms with van der Waals surface area (Å²) in [5, 5.41) is 0. The summed E-state index contributed by atoms with van der Waals surface area (Å²) in [4.78, 5) is -0.445.